The van der Waals surface area contributed by atoms with Gasteiger partial charge in [-0.1, -0.05) is 87.4 Å². The van der Waals surface area contributed by atoms with E-state index >= 15 is 0 Å². The van der Waals surface area contributed by atoms with Crippen LogP contribution in [-0.4, -0.2) is 76.8 Å². The third-order valence-electron chi connectivity index (χ3n) is 11.6. The van der Waals surface area contributed by atoms with Crippen LogP contribution in [-0.2, 0) is 64.3 Å². The number of fused-ring (bicyclic) bond motifs is 3. The molecule has 0 aliphatic carbocycles. The van der Waals surface area contributed by atoms with Crippen LogP contribution in [0.1, 0.15) is 161 Å². The molecule has 7 rings (SSSR count). The summed E-state index contributed by atoms with van der Waals surface area (Å²) in [7, 11) is 0. The van der Waals surface area contributed by atoms with Gasteiger partial charge in [0.15, 0.2) is 0 Å². The van der Waals surface area contributed by atoms with E-state index in [4.69, 9.17) is 18.9 Å². The van der Waals surface area contributed by atoms with Gasteiger partial charge < -0.3 is 29.2 Å². The third kappa shape index (κ3) is 14.5. The number of nitrogens with one attached hydrogen (secondary N) is 2. The summed E-state index contributed by atoms with van der Waals surface area (Å²) in [5.41, 5.74) is 4.88. The Labute approximate surface area is 422 Å². The fraction of sp³-hybridized carbons (Fsp3) is 0.429. The van der Waals surface area contributed by atoms with Gasteiger partial charge in [-0.15, -0.1) is 0 Å². The average Bonchev–Trinajstić information content (AvgIpc) is 4.05. The van der Waals surface area contributed by atoms with Crippen LogP contribution in [0.15, 0.2) is 84.9 Å². The van der Waals surface area contributed by atoms with E-state index in [9.17, 15) is 38.4 Å². The van der Waals surface area contributed by atoms with Gasteiger partial charge >= 0.3 is 30.0 Å². The lowest BCUT2D eigenvalue weighted by Gasteiger charge is -2.23. The van der Waals surface area contributed by atoms with Crippen molar-refractivity contribution in [3.05, 3.63) is 129 Å². The summed E-state index contributed by atoms with van der Waals surface area (Å²) in [6.07, 6.45) is 0.882. The molecule has 4 amide bonds. The molecule has 0 spiro atoms. The van der Waals surface area contributed by atoms with Crippen molar-refractivity contribution in [1.82, 2.24) is 10.2 Å². The molecule has 16 heteroatoms. The number of rotatable bonds is 13. The molecule has 0 radical (unpaired) electrons. The molecule has 16 nitrogen and oxygen atoms in total. The lowest BCUT2D eigenvalue weighted by Crippen LogP contribution is -2.40. The number of carbonyl (C=O) groups is 8. The van der Waals surface area contributed by atoms with Gasteiger partial charge in [0.25, 0.3) is 17.5 Å². The summed E-state index contributed by atoms with van der Waals surface area (Å²) < 4.78 is 20.9. The van der Waals surface area contributed by atoms with Crippen LogP contribution < -0.4 is 15.5 Å². The molecule has 0 bridgehead atoms. The number of ketones is 2. The Morgan fingerprint density at radius 2 is 1.12 bits per heavy atom. The van der Waals surface area contributed by atoms with Crippen molar-refractivity contribution >= 4 is 58.9 Å². The van der Waals surface area contributed by atoms with Gasteiger partial charge in [0, 0.05) is 26.2 Å². The molecular formula is C56H68N4O12. The standard InChI is InChI=1S/C28H34N2O6.C20H25NO6.C8H9N/c1-6-10-21(26(33)35-7-2)18-13-14-23(29-27(34)36-28(3,4)5)22(15-18)24(31)25(32)30-16-19-11-8-9-12-20(19)17-30;1-6-8-13(18(24)26-7-2)12-9-10-15-14(11-12)16(22)17(23)21(15)19(25)27-20(3,4)5;1-2-4-8-6-9-5-7(8)3-1/h8-9,11-15,21H,6-7,10,16-17H2,1-5H3,(H,29,34);9-11,13H,6-8H2,1-5H3;1-4,9H,5-6H2. The second-order valence-corrected chi connectivity index (χ2v) is 19.5. The monoisotopic (exact) mass is 988 g/mol. The molecule has 4 aromatic rings. The number of carbonyl (C=O) groups excluding carboxylic acids is 8. The van der Waals surface area contributed by atoms with Gasteiger partial charge in [-0.05, 0) is 126 Å². The van der Waals surface area contributed by atoms with Crippen molar-refractivity contribution in [2.24, 2.45) is 0 Å². The Hall–Kier alpha value is -7.20. The zero-order valence-corrected chi connectivity index (χ0v) is 43.1. The smallest absolute Gasteiger partial charge is 0.422 e. The molecule has 3 aliphatic rings. The first-order chi connectivity index (χ1) is 34.1. The zero-order valence-electron chi connectivity index (χ0n) is 43.1. The highest BCUT2D eigenvalue weighted by atomic mass is 16.6. The summed E-state index contributed by atoms with van der Waals surface area (Å²) in [4.78, 5) is 103. The van der Waals surface area contributed by atoms with E-state index < -0.39 is 64.6 Å². The Morgan fingerprint density at radius 3 is 1.61 bits per heavy atom. The number of hydrogen-bond acceptors (Lipinski definition) is 13. The predicted octanol–water partition coefficient (Wildman–Crippen LogP) is 10.1. The molecule has 4 aromatic carbocycles. The summed E-state index contributed by atoms with van der Waals surface area (Å²) in [6.45, 7) is 20.8. The Balaban J connectivity index is 0.000000233. The zero-order chi connectivity index (χ0) is 52.9. The molecular weight excluding hydrogens is 921 g/mol. The largest absolute Gasteiger partial charge is 0.466 e. The first kappa shape index (κ1) is 55.7. The molecule has 3 aliphatic heterocycles. The van der Waals surface area contributed by atoms with E-state index in [-0.39, 0.29) is 41.7 Å². The number of benzene rings is 4. The van der Waals surface area contributed by atoms with Crippen LogP contribution >= 0.6 is 0 Å². The SMILES string of the molecule is CCCC(C(=O)OCC)c1ccc(NC(=O)OC(C)(C)C)c(C(=O)C(=O)N2Cc3ccccc3C2)c1.CCCC(C(=O)OCC)c1ccc2c(c1)C(=O)C(=O)N2C(=O)OC(C)(C)C.c1ccc2c(c1)CNC2. The molecule has 3 heterocycles. The fourth-order valence-electron chi connectivity index (χ4n) is 8.33. The number of anilines is 2. The molecule has 0 fully saturated rings. The van der Waals surface area contributed by atoms with E-state index in [0.717, 1.165) is 42.0 Å². The van der Waals surface area contributed by atoms with Gasteiger partial charge in [0.2, 0.25) is 0 Å². The van der Waals surface area contributed by atoms with Crippen molar-refractivity contribution in [1.29, 1.82) is 0 Å². The fourth-order valence-corrected chi connectivity index (χ4v) is 8.33. The highest BCUT2D eigenvalue weighted by Gasteiger charge is 2.42. The maximum atomic E-state index is 13.5. The van der Waals surface area contributed by atoms with Gasteiger partial charge in [0.1, 0.15) is 11.2 Å². The molecule has 384 valence electrons. The van der Waals surface area contributed by atoms with Crippen LogP contribution in [0, 0.1) is 0 Å². The molecule has 72 heavy (non-hydrogen) atoms. The summed E-state index contributed by atoms with van der Waals surface area (Å²) in [5.74, 6) is -5.10. The quantitative estimate of drug-likeness (QED) is 0.0555. The Kier molecular flexibility index (Phi) is 19.2. The number of esters is 2. The van der Waals surface area contributed by atoms with E-state index in [2.05, 4.69) is 34.9 Å². The normalized spacial score (nSPS) is 14.2. The molecule has 2 atom stereocenters. The molecule has 0 saturated carbocycles. The number of hydrogen-bond donors (Lipinski definition) is 2. The first-order valence-electron chi connectivity index (χ1n) is 24.5. The maximum Gasteiger partial charge on any atom is 0.422 e. The van der Waals surface area contributed by atoms with E-state index in [0.29, 0.717) is 37.1 Å². The summed E-state index contributed by atoms with van der Waals surface area (Å²) in [6, 6.07) is 25.5. The lowest BCUT2D eigenvalue weighted by atomic mass is 9.91. The van der Waals surface area contributed by atoms with Crippen LogP contribution in [0.3, 0.4) is 0 Å². The molecule has 0 saturated heterocycles. The van der Waals surface area contributed by atoms with Crippen molar-refractivity contribution in [3.63, 3.8) is 0 Å². The second-order valence-electron chi connectivity index (χ2n) is 19.5. The highest BCUT2D eigenvalue weighted by molar-refractivity contribution is 6.56. The Morgan fingerprint density at radius 1 is 0.639 bits per heavy atom. The second kappa shape index (κ2) is 24.8. The van der Waals surface area contributed by atoms with Crippen molar-refractivity contribution in [2.45, 2.75) is 144 Å². The minimum Gasteiger partial charge on any atom is -0.466 e. The van der Waals surface area contributed by atoms with Gasteiger partial charge in [-0.2, -0.15) is 0 Å². The minimum atomic E-state index is -0.959. The van der Waals surface area contributed by atoms with Crippen LogP contribution in [0.4, 0.5) is 21.0 Å². The summed E-state index contributed by atoms with van der Waals surface area (Å²) >= 11 is 0. The van der Waals surface area contributed by atoms with Crippen molar-refractivity contribution < 1.29 is 57.3 Å². The van der Waals surface area contributed by atoms with Gasteiger partial charge in [-0.3, -0.25) is 34.1 Å². The first-order valence-corrected chi connectivity index (χ1v) is 24.5. The third-order valence-corrected chi connectivity index (χ3v) is 11.6. The average molecular weight is 989 g/mol. The number of ether oxygens (including phenoxy) is 4. The van der Waals surface area contributed by atoms with E-state index in [1.165, 1.54) is 40.3 Å². The molecule has 2 N–H and O–H groups in total. The van der Waals surface area contributed by atoms with Gasteiger partial charge in [0.05, 0.1) is 47.6 Å². The minimum absolute atomic E-state index is 0.00437. The van der Waals surface area contributed by atoms with Crippen LogP contribution in [0.5, 0.6) is 0 Å². The van der Waals surface area contributed by atoms with Gasteiger partial charge in [-0.25, -0.2) is 14.5 Å². The van der Waals surface area contributed by atoms with Crippen LogP contribution in [0.25, 0.3) is 0 Å². The van der Waals surface area contributed by atoms with E-state index in [1.54, 1.807) is 67.5 Å². The van der Waals surface area contributed by atoms with Crippen LogP contribution in [0.2, 0.25) is 0 Å². The number of Topliss-reactive ketones (excluding diaryl/α,β-unsaturated/α-hetero) is 2. The van der Waals surface area contributed by atoms with E-state index in [1.807, 2.05) is 38.1 Å². The summed E-state index contributed by atoms with van der Waals surface area (Å²) in [5, 5.41) is 5.88. The predicted molar refractivity (Wildman–Crippen MR) is 271 cm³/mol. The number of amides is 4. The van der Waals surface area contributed by atoms with Crippen molar-refractivity contribution in [2.75, 3.05) is 23.4 Å². The molecule has 0 aromatic heterocycles. The Bertz CT molecular complexity index is 2620. The molecule has 2 unspecified atom stereocenters. The maximum absolute atomic E-state index is 13.5. The number of nitrogens with zero attached hydrogens (tertiary/aromatic N) is 2. The van der Waals surface area contributed by atoms with Crippen molar-refractivity contribution in [3.8, 4) is 0 Å². The highest BCUT2D eigenvalue weighted by Crippen LogP contribution is 2.35. The lowest BCUT2D eigenvalue weighted by molar-refractivity contribution is -0.146. The topological polar surface area (TPSA) is 204 Å². The number of imide groups is 1.